The fourth-order valence-corrected chi connectivity index (χ4v) is 1.78. The van der Waals surface area contributed by atoms with Crippen molar-refractivity contribution in [2.75, 3.05) is 6.61 Å². The SMILES string of the molecule is C=C(C)CCOC(=O)C1CCCCC1. The molecule has 1 fully saturated rings. The van der Waals surface area contributed by atoms with E-state index in [1.54, 1.807) is 0 Å². The molecule has 0 aliphatic heterocycles. The summed E-state index contributed by atoms with van der Waals surface area (Å²) in [6, 6.07) is 0. The predicted molar refractivity (Wildman–Crippen MR) is 57.0 cm³/mol. The lowest BCUT2D eigenvalue weighted by Crippen LogP contribution is -2.20. The fourth-order valence-electron chi connectivity index (χ4n) is 1.78. The summed E-state index contributed by atoms with van der Waals surface area (Å²) in [5.41, 5.74) is 1.07. The van der Waals surface area contributed by atoms with E-state index in [1.807, 2.05) is 6.92 Å². The van der Waals surface area contributed by atoms with Crippen molar-refractivity contribution in [2.45, 2.75) is 45.4 Å². The van der Waals surface area contributed by atoms with E-state index < -0.39 is 0 Å². The Morgan fingerprint density at radius 2 is 2.00 bits per heavy atom. The molecule has 0 aromatic heterocycles. The average molecular weight is 196 g/mol. The maximum Gasteiger partial charge on any atom is 0.308 e. The van der Waals surface area contributed by atoms with Crippen LogP contribution in [0.4, 0.5) is 0 Å². The Kier molecular flexibility index (Phi) is 4.71. The molecule has 0 heterocycles. The lowest BCUT2D eigenvalue weighted by atomic mass is 9.89. The van der Waals surface area contributed by atoms with Gasteiger partial charge in [-0.15, -0.1) is 6.58 Å². The van der Waals surface area contributed by atoms with Gasteiger partial charge in [0.05, 0.1) is 12.5 Å². The molecule has 14 heavy (non-hydrogen) atoms. The van der Waals surface area contributed by atoms with Gasteiger partial charge >= 0.3 is 5.97 Å². The number of esters is 1. The summed E-state index contributed by atoms with van der Waals surface area (Å²) in [6.45, 7) is 6.23. The molecule has 1 aliphatic rings. The molecule has 0 aromatic rings. The van der Waals surface area contributed by atoms with E-state index in [9.17, 15) is 4.79 Å². The Morgan fingerprint density at radius 3 is 2.57 bits per heavy atom. The zero-order valence-electron chi connectivity index (χ0n) is 9.05. The zero-order chi connectivity index (χ0) is 10.4. The van der Waals surface area contributed by atoms with Crippen LogP contribution in [0.1, 0.15) is 45.4 Å². The first-order chi connectivity index (χ1) is 6.70. The number of carbonyl (C=O) groups is 1. The van der Waals surface area contributed by atoms with Crippen molar-refractivity contribution in [1.82, 2.24) is 0 Å². The molecule has 0 unspecified atom stereocenters. The van der Waals surface area contributed by atoms with Crippen LogP contribution in [0.2, 0.25) is 0 Å². The molecule has 0 atom stereocenters. The summed E-state index contributed by atoms with van der Waals surface area (Å²) < 4.78 is 5.19. The molecule has 0 radical (unpaired) electrons. The number of carbonyl (C=O) groups excluding carboxylic acids is 1. The normalized spacial score (nSPS) is 17.8. The van der Waals surface area contributed by atoms with E-state index in [-0.39, 0.29) is 11.9 Å². The van der Waals surface area contributed by atoms with Gasteiger partial charge in [-0.25, -0.2) is 0 Å². The maximum absolute atomic E-state index is 11.5. The molecule has 0 saturated heterocycles. The summed E-state index contributed by atoms with van der Waals surface area (Å²) in [5, 5.41) is 0. The van der Waals surface area contributed by atoms with Gasteiger partial charge < -0.3 is 4.74 Å². The van der Waals surface area contributed by atoms with E-state index in [1.165, 1.54) is 19.3 Å². The van der Waals surface area contributed by atoms with E-state index >= 15 is 0 Å². The largest absolute Gasteiger partial charge is 0.465 e. The van der Waals surface area contributed by atoms with Gasteiger partial charge in [-0.05, 0) is 19.8 Å². The highest BCUT2D eigenvalue weighted by Crippen LogP contribution is 2.24. The Hall–Kier alpha value is -0.790. The first-order valence-corrected chi connectivity index (χ1v) is 5.51. The Morgan fingerprint density at radius 1 is 1.36 bits per heavy atom. The number of hydrogen-bond donors (Lipinski definition) is 0. The van der Waals surface area contributed by atoms with Crippen LogP contribution in [0, 0.1) is 5.92 Å². The molecule has 0 N–H and O–H groups in total. The Bertz CT molecular complexity index is 202. The molecule has 0 aromatic carbocycles. The van der Waals surface area contributed by atoms with Gasteiger partial charge in [0, 0.05) is 6.42 Å². The first-order valence-electron chi connectivity index (χ1n) is 5.51. The second kappa shape index (κ2) is 5.84. The van der Waals surface area contributed by atoms with Gasteiger partial charge in [-0.1, -0.05) is 24.8 Å². The highest BCUT2D eigenvalue weighted by atomic mass is 16.5. The quantitative estimate of drug-likeness (QED) is 0.510. The van der Waals surface area contributed by atoms with Crippen LogP contribution in [0.5, 0.6) is 0 Å². The Labute approximate surface area is 86.3 Å². The van der Waals surface area contributed by atoms with Crippen molar-refractivity contribution in [3.8, 4) is 0 Å². The monoisotopic (exact) mass is 196 g/mol. The van der Waals surface area contributed by atoms with Gasteiger partial charge in [-0.2, -0.15) is 0 Å². The third kappa shape index (κ3) is 3.95. The summed E-state index contributed by atoms with van der Waals surface area (Å²) in [4.78, 5) is 11.5. The van der Waals surface area contributed by atoms with Crippen LogP contribution < -0.4 is 0 Å². The van der Waals surface area contributed by atoms with Crippen LogP contribution in [-0.2, 0) is 9.53 Å². The van der Waals surface area contributed by atoms with Crippen molar-refractivity contribution in [3.05, 3.63) is 12.2 Å². The maximum atomic E-state index is 11.5. The van der Waals surface area contributed by atoms with Crippen LogP contribution in [0.3, 0.4) is 0 Å². The molecule has 0 bridgehead atoms. The molecule has 2 heteroatoms. The molecule has 2 nitrogen and oxygen atoms in total. The number of ether oxygens (including phenoxy) is 1. The standard InChI is InChI=1S/C12H20O2/c1-10(2)8-9-14-12(13)11-6-4-3-5-7-11/h11H,1,3-9H2,2H3. The average Bonchev–Trinajstić information content (AvgIpc) is 2.18. The van der Waals surface area contributed by atoms with Crippen molar-refractivity contribution >= 4 is 5.97 Å². The molecule has 1 saturated carbocycles. The van der Waals surface area contributed by atoms with Crippen molar-refractivity contribution in [2.24, 2.45) is 5.92 Å². The lowest BCUT2D eigenvalue weighted by molar-refractivity contribution is -0.149. The molecule has 1 rings (SSSR count). The first kappa shape index (κ1) is 11.3. The minimum atomic E-state index is 0.00551. The van der Waals surface area contributed by atoms with Crippen LogP contribution in [0.25, 0.3) is 0 Å². The van der Waals surface area contributed by atoms with E-state index in [0.717, 1.165) is 24.8 Å². The van der Waals surface area contributed by atoms with Gasteiger partial charge in [0.25, 0.3) is 0 Å². The minimum absolute atomic E-state index is 0.00551. The van der Waals surface area contributed by atoms with E-state index in [0.29, 0.717) is 6.61 Å². The molecule has 1 aliphatic carbocycles. The second-order valence-corrected chi connectivity index (χ2v) is 4.21. The van der Waals surface area contributed by atoms with Crippen LogP contribution in [0.15, 0.2) is 12.2 Å². The number of hydrogen-bond acceptors (Lipinski definition) is 2. The van der Waals surface area contributed by atoms with Gasteiger partial charge in [0.1, 0.15) is 0 Å². The highest BCUT2D eigenvalue weighted by Gasteiger charge is 2.21. The van der Waals surface area contributed by atoms with Gasteiger partial charge in [0.15, 0.2) is 0 Å². The fraction of sp³-hybridized carbons (Fsp3) is 0.750. The molecule has 0 amide bonds. The molecule has 0 spiro atoms. The lowest BCUT2D eigenvalue weighted by Gasteiger charge is -2.19. The smallest absolute Gasteiger partial charge is 0.308 e. The molecular formula is C12H20O2. The number of rotatable bonds is 4. The molecular weight excluding hydrogens is 176 g/mol. The highest BCUT2D eigenvalue weighted by molar-refractivity contribution is 5.72. The van der Waals surface area contributed by atoms with Crippen LogP contribution in [-0.4, -0.2) is 12.6 Å². The Balaban J connectivity index is 2.16. The van der Waals surface area contributed by atoms with Crippen molar-refractivity contribution in [3.63, 3.8) is 0 Å². The molecule has 80 valence electrons. The third-order valence-electron chi connectivity index (χ3n) is 2.71. The van der Waals surface area contributed by atoms with Crippen LogP contribution >= 0.6 is 0 Å². The van der Waals surface area contributed by atoms with E-state index in [2.05, 4.69) is 6.58 Å². The summed E-state index contributed by atoms with van der Waals surface area (Å²) in [7, 11) is 0. The van der Waals surface area contributed by atoms with Gasteiger partial charge in [0.2, 0.25) is 0 Å². The topological polar surface area (TPSA) is 26.3 Å². The van der Waals surface area contributed by atoms with Crippen molar-refractivity contribution < 1.29 is 9.53 Å². The van der Waals surface area contributed by atoms with Gasteiger partial charge in [-0.3, -0.25) is 4.79 Å². The summed E-state index contributed by atoms with van der Waals surface area (Å²) in [6.07, 6.45) is 6.46. The summed E-state index contributed by atoms with van der Waals surface area (Å²) >= 11 is 0. The summed E-state index contributed by atoms with van der Waals surface area (Å²) in [5.74, 6) is 0.180. The second-order valence-electron chi connectivity index (χ2n) is 4.21. The van der Waals surface area contributed by atoms with E-state index in [4.69, 9.17) is 4.74 Å². The minimum Gasteiger partial charge on any atom is -0.465 e. The third-order valence-corrected chi connectivity index (χ3v) is 2.71. The predicted octanol–water partition coefficient (Wildman–Crippen LogP) is 3.08. The van der Waals surface area contributed by atoms with Crippen molar-refractivity contribution in [1.29, 1.82) is 0 Å². The zero-order valence-corrected chi connectivity index (χ0v) is 9.05.